The maximum Gasteiger partial charge on any atom is 0.295 e. The van der Waals surface area contributed by atoms with Crippen LogP contribution in [0.3, 0.4) is 0 Å². The Labute approximate surface area is 171 Å². The lowest BCUT2D eigenvalue weighted by atomic mass is 9.96. The van der Waals surface area contributed by atoms with Gasteiger partial charge in [0.15, 0.2) is 0 Å². The molecule has 0 aliphatic heterocycles. The Morgan fingerprint density at radius 3 is 1.93 bits per heavy atom. The molecule has 156 valence electrons. The smallest absolute Gasteiger partial charge is 0.282 e. The highest BCUT2D eigenvalue weighted by molar-refractivity contribution is 7.86. The molecule has 0 heterocycles. The van der Waals surface area contributed by atoms with Gasteiger partial charge in [0.2, 0.25) is 0 Å². The lowest BCUT2D eigenvalue weighted by Crippen LogP contribution is -2.01. The Kier molecular flexibility index (Phi) is 9.46. The second-order valence-electron chi connectivity index (χ2n) is 7.91. The molecule has 0 spiro atoms. The molecule has 2 aromatic carbocycles. The molecular formula is C24H36O3S. The average Bonchev–Trinajstić information content (AvgIpc) is 2.66. The minimum Gasteiger partial charge on any atom is -0.282 e. The minimum absolute atomic E-state index is 0.0325. The molecule has 0 atom stereocenters. The highest BCUT2D eigenvalue weighted by Gasteiger charge is 2.16. The van der Waals surface area contributed by atoms with Crippen molar-refractivity contribution in [3.8, 4) is 0 Å². The van der Waals surface area contributed by atoms with Gasteiger partial charge in [-0.25, -0.2) is 0 Å². The summed E-state index contributed by atoms with van der Waals surface area (Å²) in [7, 11) is -4.23. The van der Waals surface area contributed by atoms with Gasteiger partial charge in [-0.05, 0) is 54.3 Å². The fraction of sp³-hybridized carbons (Fsp3) is 0.583. The van der Waals surface area contributed by atoms with E-state index in [0.29, 0.717) is 5.39 Å². The van der Waals surface area contributed by atoms with E-state index in [4.69, 9.17) is 0 Å². The number of rotatable bonds is 13. The van der Waals surface area contributed by atoms with Crippen molar-refractivity contribution in [3.05, 3.63) is 41.5 Å². The Morgan fingerprint density at radius 1 is 0.714 bits per heavy atom. The molecule has 3 nitrogen and oxygen atoms in total. The third kappa shape index (κ3) is 6.89. The zero-order chi connectivity index (χ0) is 20.4. The van der Waals surface area contributed by atoms with Crippen molar-refractivity contribution >= 4 is 20.9 Å². The van der Waals surface area contributed by atoms with Crippen molar-refractivity contribution in [2.75, 3.05) is 0 Å². The van der Waals surface area contributed by atoms with Crippen LogP contribution in [0.5, 0.6) is 0 Å². The summed E-state index contributed by atoms with van der Waals surface area (Å²) in [6, 6.07) is 9.59. The fourth-order valence-electron chi connectivity index (χ4n) is 3.88. The number of hydrogen-bond acceptors (Lipinski definition) is 2. The van der Waals surface area contributed by atoms with Gasteiger partial charge in [-0.2, -0.15) is 8.42 Å². The van der Waals surface area contributed by atoms with Crippen LogP contribution in [0.15, 0.2) is 35.2 Å². The molecule has 0 radical (unpaired) electrons. The molecule has 0 aliphatic carbocycles. The molecule has 0 bridgehead atoms. The lowest BCUT2D eigenvalue weighted by molar-refractivity contribution is 0.484. The summed E-state index contributed by atoms with van der Waals surface area (Å²) < 4.78 is 33.5. The topological polar surface area (TPSA) is 54.4 Å². The predicted octanol–water partition coefficient (Wildman–Crippen LogP) is 7.11. The van der Waals surface area contributed by atoms with Crippen molar-refractivity contribution in [2.45, 2.75) is 95.8 Å². The predicted molar refractivity (Wildman–Crippen MR) is 119 cm³/mol. The van der Waals surface area contributed by atoms with E-state index in [1.165, 1.54) is 56.9 Å². The van der Waals surface area contributed by atoms with Crippen LogP contribution < -0.4 is 0 Å². The summed E-state index contributed by atoms with van der Waals surface area (Å²) in [5.41, 5.74) is 2.32. The van der Waals surface area contributed by atoms with Gasteiger partial charge in [-0.3, -0.25) is 4.55 Å². The van der Waals surface area contributed by atoms with Crippen molar-refractivity contribution in [3.63, 3.8) is 0 Å². The normalized spacial score (nSPS) is 12.0. The molecule has 0 unspecified atom stereocenters. The van der Waals surface area contributed by atoms with E-state index in [0.717, 1.165) is 36.6 Å². The quantitative estimate of drug-likeness (QED) is 0.286. The van der Waals surface area contributed by atoms with E-state index in [1.807, 2.05) is 18.2 Å². The lowest BCUT2D eigenvalue weighted by Gasteiger charge is -2.12. The molecule has 0 saturated heterocycles. The Bertz CT molecular complexity index is 840. The molecule has 1 N–H and O–H groups in total. The third-order valence-electron chi connectivity index (χ3n) is 5.53. The van der Waals surface area contributed by atoms with E-state index in [2.05, 4.69) is 19.9 Å². The largest absolute Gasteiger partial charge is 0.295 e. The van der Waals surface area contributed by atoms with Gasteiger partial charge in [0.05, 0.1) is 0 Å². The first-order chi connectivity index (χ1) is 13.5. The second kappa shape index (κ2) is 11.6. The molecule has 2 rings (SSSR count). The van der Waals surface area contributed by atoms with Crippen LogP contribution in [0.4, 0.5) is 0 Å². The van der Waals surface area contributed by atoms with Crippen molar-refractivity contribution in [1.29, 1.82) is 0 Å². The van der Waals surface area contributed by atoms with Gasteiger partial charge in [0, 0.05) is 5.39 Å². The number of hydrogen-bond donors (Lipinski definition) is 1. The minimum atomic E-state index is -4.23. The summed E-state index contributed by atoms with van der Waals surface area (Å²) >= 11 is 0. The van der Waals surface area contributed by atoms with Crippen molar-refractivity contribution in [1.82, 2.24) is 0 Å². The van der Waals surface area contributed by atoms with E-state index in [9.17, 15) is 13.0 Å². The Hall–Kier alpha value is -1.39. The van der Waals surface area contributed by atoms with E-state index in [1.54, 1.807) is 6.07 Å². The van der Waals surface area contributed by atoms with Gasteiger partial charge >= 0.3 is 0 Å². The number of fused-ring (bicyclic) bond motifs is 1. The van der Waals surface area contributed by atoms with Gasteiger partial charge in [0.1, 0.15) is 4.90 Å². The van der Waals surface area contributed by atoms with Crippen LogP contribution in [-0.4, -0.2) is 13.0 Å². The molecule has 4 heteroatoms. The third-order valence-corrected chi connectivity index (χ3v) is 6.44. The monoisotopic (exact) mass is 404 g/mol. The highest BCUT2D eigenvalue weighted by atomic mass is 32.2. The molecule has 0 amide bonds. The first-order valence-corrected chi connectivity index (χ1v) is 12.4. The summed E-state index contributed by atoms with van der Waals surface area (Å²) in [6.45, 7) is 4.42. The van der Waals surface area contributed by atoms with Gasteiger partial charge < -0.3 is 0 Å². The molecule has 0 aliphatic rings. The SMILES string of the molecule is CCCCCCCc1ccc2c(CCCCCCC)ccc(S(=O)(=O)O)c2c1. The van der Waals surface area contributed by atoms with Crippen LogP contribution >= 0.6 is 0 Å². The van der Waals surface area contributed by atoms with Crippen LogP contribution in [-0.2, 0) is 23.0 Å². The molecular weight excluding hydrogens is 368 g/mol. The van der Waals surface area contributed by atoms with E-state index < -0.39 is 10.1 Å². The van der Waals surface area contributed by atoms with Crippen molar-refractivity contribution < 1.29 is 13.0 Å². The number of unbranched alkanes of at least 4 members (excludes halogenated alkanes) is 8. The van der Waals surface area contributed by atoms with Crippen molar-refractivity contribution in [2.24, 2.45) is 0 Å². The summed E-state index contributed by atoms with van der Waals surface area (Å²) in [5, 5.41) is 1.62. The van der Waals surface area contributed by atoms with E-state index in [-0.39, 0.29) is 4.90 Å². The number of benzene rings is 2. The van der Waals surface area contributed by atoms with Crippen LogP contribution in [0.2, 0.25) is 0 Å². The van der Waals surface area contributed by atoms with Crippen LogP contribution in [0.25, 0.3) is 10.8 Å². The average molecular weight is 405 g/mol. The molecule has 2 aromatic rings. The standard InChI is InChI=1S/C24H36O3S/c1-3-5-7-9-11-13-20-15-17-22-21(14-12-10-8-6-4-2)16-18-24(23(22)19-20)28(25,26)27/h15-19H,3-14H2,1-2H3,(H,25,26,27). The zero-order valence-corrected chi connectivity index (χ0v) is 18.4. The van der Waals surface area contributed by atoms with Crippen LogP contribution in [0, 0.1) is 0 Å². The number of aryl methyl sites for hydroxylation is 2. The first kappa shape index (κ1) is 22.9. The maximum atomic E-state index is 11.9. The zero-order valence-electron chi connectivity index (χ0n) is 17.5. The molecule has 28 heavy (non-hydrogen) atoms. The Morgan fingerprint density at radius 2 is 1.32 bits per heavy atom. The van der Waals surface area contributed by atoms with Gasteiger partial charge in [0.25, 0.3) is 10.1 Å². The first-order valence-electron chi connectivity index (χ1n) is 11.0. The van der Waals surface area contributed by atoms with Crippen LogP contribution in [0.1, 0.15) is 89.2 Å². The molecule has 0 aromatic heterocycles. The second-order valence-corrected chi connectivity index (χ2v) is 9.30. The van der Waals surface area contributed by atoms with Gasteiger partial charge in [-0.1, -0.05) is 83.4 Å². The fourth-order valence-corrected chi connectivity index (χ4v) is 4.57. The van der Waals surface area contributed by atoms with E-state index >= 15 is 0 Å². The molecule has 0 saturated carbocycles. The highest BCUT2D eigenvalue weighted by Crippen LogP contribution is 2.29. The molecule has 0 fully saturated rings. The van der Waals surface area contributed by atoms with Gasteiger partial charge in [-0.15, -0.1) is 0 Å². The summed E-state index contributed by atoms with van der Waals surface area (Å²) in [5.74, 6) is 0. The summed E-state index contributed by atoms with van der Waals surface area (Å²) in [4.78, 5) is 0.0325. The summed E-state index contributed by atoms with van der Waals surface area (Å²) in [6.07, 6.45) is 14.0. The maximum absolute atomic E-state index is 11.9. The Balaban J connectivity index is 2.21.